The number of amides is 3. The van der Waals surface area contributed by atoms with E-state index in [9.17, 15) is 18.8 Å². The van der Waals surface area contributed by atoms with Crippen LogP contribution in [0.2, 0.25) is 0 Å². The molecule has 0 bridgehead atoms. The van der Waals surface area contributed by atoms with Crippen molar-refractivity contribution < 1.29 is 18.8 Å². The normalized spacial score (nSPS) is 19.7. The standard InChI is InChI=1S/C26H24FN3O3/c1-16-14-21(17(2)30(16)20-11-9-19(27)10-12-20)23(31)15-29-24(32)26(28-25(29)33)13-5-7-18-6-3-4-8-22(18)26/h3-4,6,8-12,14H,5,7,13,15H2,1-2H3,(H,28,33)/t26-/m1/s1. The molecule has 6 nitrogen and oxygen atoms in total. The molecule has 3 amide bonds. The number of ketones is 1. The quantitative estimate of drug-likeness (QED) is 0.483. The molecule has 3 aromatic rings. The van der Waals surface area contributed by atoms with E-state index in [1.807, 2.05) is 35.8 Å². The summed E-state index contributed by atoms with van der Waals surface area (Å²) in [6.45, 7) is 3.32. The predicted octanol–water partition coefficient (Wildman–Crippen LogP) is 4.20. The first-order chi connectivity index (χ1) is 15.8. The molecule has 5 rings (SSSR count). The highest BCUT2D eigenvalue weighted by Crippen LogP contribution is 2.40. The number of Topliss-reactive ketones (excluding diaryl/α,β-unsaturated/α-hetero) is 1. The number of nitrogens with zero attached hydrogens (tertiary/aromatic N) is 2. The van der Waals surface area contributed by atoms with Crippen molar-refractivity contribution in [1.82, 2.24) is 14.8 Å². The minimum Gasteiger partial charge on any atom is -0.319 e. The summed E-state index contributed by atoms with van der Waals surface area (Å²) in [5, 5.41) is 2.89. The lowest BCUT2D eigenvalue weighted by molar-refractivity contribution is -0.131. The fourth-order valence-electron chi connectivity index (χ4n) is 5.22. The van der Waals surface area contributed by atoms with Crippen LogP contribution in [0.1, 0.15) is 45.7 Å². The number of benzene rings is 2. The lowest BCUT2D eigenvalue weighted by Crippen LogP contribution is -2.46. The molecule has 1 aliphatic carbocycles. The van der Waals surface area contributed by atoms with Crippen molar-refractivity contribution >= 4 is 17.7 Å². The summed E-state index contributed by atoms with van der Waals surface area (Å²) in [5.41, 5.74) is 3.41. The zero-order valence-electron chi connectivity index (χ0n) is 18.5. The summed E-state index contributed by atoms with van der Waals surface area (Å²) in [7, 11) is 0. The molecule has 33 heavy (non-hydrogen) atoms. The third-order valence-electron chi connectivity index (χ3n) is 6.77. The number of imide groups is 1. The zero-order chi connectivity index (χ0) is 23.3. The summed E-state index contributed by atoms with van der Waals surface area (Å²) in [6.07, 6.45) is 2.15. The van der Waals surface area contributed by atoms with Crippen LogP contribution >= 0.6 is 0 Å². The minimum absolute atomic E-state index is 0.318. The maximum Gasteiger partial charge on any atom is 0.325 e. The fourth-order valence-corrected chi connectivity index (χ4v) is 5.22. The van der Waals surface area contributed by atoms with Crippen LogP contribution in [0.15, 0.2) is 54.6 Å². The number of urea groups is 1. The van der Waals surface area contributed by atoms with E-state index in [0.29, 0.717) is 17.7 Å². The second-order valence-electron chi connectivity index (χ2n) is 8.76. The van der Waals surface area contributed by atoms with Gasteiger partial charge in [0.05, 0.1) is 6.54 Å². The van der Waals surface area contributed by atoms with E-state index >= 15 is 0 Å². The van der Waals surface area contributed by atoms with Crippen molar-refractivity contribution in [1.29, 1.82) is 0 Å². The maximum atomic E-state index is 13.5. The van der Waals surface area contributed by atoms with E-state index in [0.717, 1.165) is 40.2 Å². The number of aryl methyl sites for hydroxylation is 2. The van der Waals surface area contributed by atoms with Crippen LogP contribution in [0.3, 0.4) is 0 Å². The van der Waals surface area contributed by atoms with Gasteiger partial charge in [-0.25, -0.2) is 9.18 Å². The first-order valence-electron chi connectivity index (χ1n) is 11.0. The van der Waals surface area contributed by atoms with Crippen LogP contribution in [0.25, 0.3) is 5.69 Å². The van der Waals surface area contributed by atoms with Crippen molar-refractivity contribution in [3.05, 3.63) is 88.5 Å². The maximum absolute atomic E-state index is 13.5. The van der Waals surface area contributed by atoms with Gasteiger partial charge in [-0.3, -0.25) is 14.5 Å². The highest BCUT2D eigenvalue weighted by Gasteiger charge is 2.54. The Labute approximate surface area is 191 Å². The van der Waals surface area contributed by atoms with Gasteiger partial charge in [0, 0.05) is 22.6 Å². The Hall–Kier alpha value is -3.74. The van der Waals surface area contributed by atoms with E-state index in [1.165, 1.54) is 12.1 Å². The number of nitrogens with one attached hydrogen (secondary N) is 1. The number of carbonyl (C=O) groups is 3. The van der Waals surface area contributed by atoms with Crippen LogP contribution in [-0.2, 0) is 16.8 Å². The van der Waals surface area contributed by atoms with Crippen LogP contribution in [-0.4, -0.2) is 33.7 Å². The molecule has 1 spiro atoms. The molecule has 1 saturated heterocycles. The Morgan fingerprint density at radius 3 is 2.58 bits per heavy atom. The van der Waals surface area contributed by atoms with E-state index in [4.69, 9.17) is 0 Å². The van der Waals surface area contributed by atoms with Crippen molar-refractivity contribution in [2.45, 2.75) is 38.6 Å². The molecular formula is C26H24FN3O3. The van der Waals surface area contributed by atoms with E-state index in [1.54, 1.807) is 25.1 Å². The van der Waals surface area contributed by atoms with E-state index < -0.39 is 11.6 Å². The van der Waals surface area contributed by atoms with Crippen molar-refractivity contribution in [3.8, 4) is 5.69 Å². The molecule has 1 aliphatic heterocycles. The average Bonchev–Trinajstić information content (AvgIpc) is 3.23. The largest absolute Gasteiger partial charge is 0.325 e. The van der Waals surface area contributed by atoms with Crippen LogP contribution in [0.5, 0.6) is 0 Å². The van der Waals surface area contributed by atoms with Gasteiger partial charge in [-0.2, -0.15) is 0 Å². The Balaban J connectivity index is 1.44. The minimum atomic E-state index is -1.10. The molecule has 1 N–H and O–H groups in total. The average molecular weight is 445 g/mol. The Kier molecular flexibility index (Phi) is 4.92. The molecular weight excluding hydrogens is 421 g/mol. The van der Waals surface area contributed by atoms with E-state index in [2.05, 4.69) is 5.32 Å². The Morgan fingerprint density at radius 1 is 1.09 bits per heavy atom. The number of carbonyl (C=O) groups excluding carboxylic acids is 3. The van der Waals surface area contributed by atoms with Gasteiger partial charge in [0.15, 0.2) is 5.78 Å². The molecule has 0 radical (unpaired) electrons. The monoisotopic (exact) mass is 445 g/mol. The van der Waals surface area contributed by atoms with Crippen LogP contribution < -0.4 is 5.32 Å². The molecule has 2 heterocycles. The molecule has 0 unspecified atom stereocenters. The first kappa shape index (κ1) is 21.1. The van der Waals surface area contributed by atoms with E-state index in [-0.39, 0.29) is 24.1 Å². The fraction of sp³-hybridized carbons (Fsp3) is 0.269. The highest BCUT2D eigenvalue weighted by atomic mass is 19.1. The lowest BCUT2D eigenvalue weighted by atomic mass is 9.76. The number of fused-ring (bicyclic) bond motifs is 2. The summed E-state index contributed by atoms with van der Waals surface area (Å²) in [5.74, 6) is -1.03. The highest BCUT2D eigenvalue weighted by molar-refractivity contribution is 6.12. The molecule has 1 fully saturated rings. The van der Waals surface area contributed by atoms with Gasteiger partial charge < -0.3 is 9.88 Å². The first-order valence-corrected chi connectivity index (χ1v) is 11.0. The van der Waals surface area contributed by atoms with Gasteiger partial charge in [-0.15, -0.1) is 0 Å². The molecule has 1 aromatic heterocycles. The van der Waals surface area contributed by atoms with Gasteiger partial charge in [-0.05, 0) is 74.6 Å². The zero-order valence-corrected chi connectivity index (χ0v) is 18.5. The van der Waals surface area contributed by atoms with Crippen LogP contribution in [0.4, 0.5) is 9.18 Å². The van der Waals surface area contributed by atoms with Crippen molar-refractivity contribution in [3.63, 3.8) is 0 Å². The molecule has 2 aromatic carbocycles. The smallest absolute Gasteiger partial charge is 0.319 e. The van der Waals surface area contributed by atoms with Gasteiger partial charge in [0.2, 0.25) is 0 Å². The number of hydrogen-bond acceptors (Lipinski definition) is 3. The molecule has 2 aliphatic rings. The van der Waals surface area contributed by atoms with Gasteiger partial charge in [0.25, 0.3) is 5.91 Å². The third-order valence-corrected chi connectivity index (χ3v) is 6.77. The number of aromatic nitrogens is 1. The lowest BCUT2D eigenvalue weighted by Gasteiger charge is -2.33. The number of halogens is 1. The van der Waals surface area contributed by atoms with Crippen molar-refractivity contribution in [2.75, 3.05) is 6.54 Å². The molecule has 1 atom stereocenters. The molecule has 7 heteroatoms. The second-order valence-corrected chi connectivity index (χ2v) is 8.76. The van der Waals surface area contributed by atoms with Gasteiger partial charge >= 0.3 is 6.03 Å². The summed E-state index contributed by atoms with van der Waals surface area (Å²) in [4.78, 5) is 40.6. The van der Waals surface area contributed by atoms with Gasteiger partial charge in [-0.1, -0.05) is 24.3 Å². The predicted molar refractivity (Wildman–Crippen MR) is 121 cm³/mol. The Bertz CT molecular complexity index is 1290. The van der Waals surface area contributed by atoms with Gasteiger partial charge in [0.1, 0.15) is 11.4 Å². The SMILES string of the molecule is Cc1cc(C(=O)CN2C(=O)N[C@@]3(CCCc4ccccc43)C2=O)c(C)n1-c1ccc(F)cc1. The summed E-state index contributed by atoms with van der Waals surface area (Å²) < 4.78 is 15.2. The van der Waals surface area contributed by atoms with Crippen molar-refractivity contribution in [2.24, 2.45) is 0 Å². The van der Waals surface area contributed by atoms with Crippen LogP contribution in [0, 0.1) is 19.7 Å². The third kappa shape index (κ3) is 3.26. The number of rotatable bonds is 4. The molecule has 0 saturated carbocycles. The Morgan fingerprint density at radius 2 is 1.82 bits per heavy atom. The number of hydrogen-bond donors (Lipinski definition) is 1. The topological polar surface area (TPSA) is 71.4 Å². The second kappa shape index (κ2) is 7.69. The molecule has 168 valence electrons. The summed E-state index contributed by atoms with van der Waals surface area (Å²) >= 11 is 0. The summed E-state index contributed by atoms with van der Waals surface area (Å²) in [6, 6.07) is 14.9.